The first-order chi connectivity index (χ1) is 5.03. The van der Waals surface area contributed by atoms with Crippen LogP contribution in [0.1, 0.15) is 33.6 Å². The second kappa shape index (κ2) is 2.98. The van der Waals surface area contributed by atoms with Gasteiger partial charge in [0.15, 0.2) is 0 Å². The molecule has 11 heavy (non-hydrogen) atoms. The van der Waals surface area contributed by atoms with Gasteiger partial charge < -0.3 is 4.74 Å². The topological polar surface area (TPSA) is 9.23 Å². The number of allylic oxidation sites excluding steroid dienone is 1. The van der Waals surface area contributed by atoms with Crippen molar-refractivity contribution in [2.75, 3.05) is 7.11 Å². The summed E-state index contributed by atoms with van der Waals surface area (Å²) in [5.74, 6) is 0. The van der Waals surface area contributed by atoms with Gasteiger partial charge in [-0.15, -0.1) is 0 Å². The molecule has 0 aromatic heterocycles. The van der Waals surface area contributed by atoms with E-state index < -0.39 is 0 Å². The predicted octanol–water partition coefficient (Wildman–Crippen LogP) is 2.77. The van der Waals surface area contributed by atoms with Crippen LogP contribution in [-0.4, -0.2) is 13.2 Å². The minimum absolute atomic E-state index is 0.346. The fourth-order valence-corrected chi connectivity index (χ4v) is 1.96. The molecule has 0 amide bonds. The Morgan fingerprint density at radius 2 is 2.18 bits per heavy atom. The monoisotopic (exact) mass is 154 g/mol. The highest BCUT2D eigenvalue weighted by Gasteiger charge is 2.26. The molecule has 0 heterocycles. The molecule has 1 nitrogen and oxygen atoms in total. The zero-order chi connectivity index (χ0) is 8.48. The Kier molecular flexibility index (Phi) is 2.38. The molecule has 0 aromatic rings. The molecule has 0 aromatic carbocycles. The van der Waals surface area contributed by atoms with Gasteiger partial charge in [0, 0.05) is 7.11 Å². The van der Waals surface area contributed by atoms with E-state index in [1.165, 1.54) is 12.0 Å². The van der Waals surface area contributed by atoms with E-state index in [1.54, 1.807) is 7.11 Å². The summed E-state index contributed by atoms with van der Waals surface area (Å²) < 4.78 is 5.32. The van der Waals surface area contributed by atoms with Crippen molar-refractivity contribution in [2.45, 2.75) is 39.7 Å². The van der Waals surface area contributed by atoms with Gasteiger partial charge in [-0.25, -0.2) is 0 Å². The zero-order valence-electron chi connectivity index (χ0n) is 7.98. The number of ether oxygens (including phenoxy) is 1. The third kappa shape index (κ3) is 2.33. The third-order valence-corrected chi connectivity index (χ3v) is 2.28. The summed E-state index contributed by atoms with van der Waals surface area (Å²) in [5.41, 5.74) is 1.90. The number of hydrogen-bond acceptors (Lipinski definition) is 1. The second-order valence-corrected chi connectivity index (χ2v) is 4.33. The number of rotatable bonds is 1. The zero-order valence-corrected chi connectivity index (χ0v) is 7.98. The molecule has 0 saturated heterocycles. The summed E-state index contributed by atoms with van der Waals surface area (Å²) in [6.45, 7) is 6.79. The minimum Gasteiger partial charge on any atom is -0.377 e. The fraction of sp³-hybridized carbons (Fsp3) is 0.800. The molecule has 1 atom stereocenters. The SMILES string of the molecule is COC1C=C(C)CC(C)(C)C1. The van der Waals surface area contributed by atoms with Crippen LogP contribution in [0, 0.1) is 5.41 Å². The lowest BCUT2D eigenvalue weighted by Gasteiger charge is -2.32. The molecular weight excluding hydrogens is 136 g/mol. The van der Waals surface area contributed by atoms with Gasteiger partial charge in [-0.2, -0.15) is 0 Å². The van der Waals surface area contributed by atoms with Crippen LogP contribution in [0.3, 0.4) is 0 Å². The van der Waals surface area contributed by atoms with E-state index in [-0.39, 0.29) is 0 Å². The maximum atomic E-state index is 5.32. The highest BCUT2D eigenvalue weighted by atomic mass is 16.5. The number of methoxy groups -OCH3 is 1. The second-order valence-electron chi connectivity index (χ2n) is 4.33. The molecule has 1 aliphatic rings. The molecule has 1 aliphatic carbocycles. The van der Waals surface area contributed by atoms with Crippen LogP contribution >= 0.6 is 0 Å². The van der Waals surface area contributed by atoms with Crippen LogP contribution in [-0.2, 0) is 4.74 Å². The van der Waals surface area contributed by atoms with Gasteiger partial charge in [-0.1, -0.05) is 25.5 Å². The lowest BCUT2D eigenvalue weighted by atomic mass is 9.76. The largest absolute Gasteiger partial charge is 0.377 e. The van der Waals surface area contributed by atoms with Crippen molar-refractivity contribution in [3.8, 4) is 0 Å². The van der Waals surface area contributed by atoms with Gasteiger partial charge in [0.05, 0.1) is 6.10 Å². The molecule has 0 N–H and O–H groups in total. The minimum atomic E-state index is 0.346. The average molecular weight is 154 g/mol. The van der Waals surface area contributed by atoms with Crippen molar-refractivity contribution in [3.63, 3.8) is 0 Å². The quantitative estimate of drug-likeness (QED) is 0.528. The van der Waals surface area contributed by atoms with Crippen molar-refractivity contribution in [1.82, 2.24) is 0 Å². The highest BCUT2D eigenvalue weighted by molar-refractivity contribution is 5.10. The Hall–Kier alpha value is -0.300. The molecule has 64 valence electrons. The van der Waals surface area contributed by atoms with Crippen LogP contribution in [0.2, 0.25) is 0 Å². The summed E-state index contributed by atoms with van der Waals surface area (Å²) in [6.07, 6.45) is 4.96. The first-order valence-electron chi connectivity index (χ1n) is 4.23. The van der Waals surface area contributed by atoms with E-state index in [9.17, 15) is 0 Å². The molecule has 0 saturated carbocycles. The predicted molar refractivity (Wildman–Crippen MR) is 47.6 cm³/mol. The summed E-state index contributed by atoms with van der Waals surface area (Å²) in [4.78, 5) is 0. The third-order valence-electron chi connectivity index (χ3n) is 2.28. The first-order valence-corrected chi connectivity index (χ1v) is 4.23. The van der Waals surface area contributed by atoms with Crippen molar-refractivity contribution in [3.05, 3.63) is 11.6 Å². The van der Waals surface area contributed by atoms with Crippen molar-refractivity contribution in [2.24, 2.45) is 5.41 Å². The Balaban J connectivity index is 2.68. The van der Waals surface area contributed by atoms with Crippen molar-refractivity contribution >= 4 is 0 Å². The van der Waals surface area contributed by atoms with Crippen LogP contribution in [0.25, 0.3) is 0 Å². The Labute approximate surface area is 69.4 Å². The van der Waals surface area contributed by atoms with E-state index in [1.807, 2.05) is 0 Å². The van der Waals surface area contributed by atoms with E-state index >= 15 is 0 Å². The standard InChI is InChI=1S/C10H18O/c1-8-5-9(11-4)7-10(2,3)6-8/h5,9H,6-7H2,1-4H3. The summed E-state index contributed by atoms with van der Waals surface area (Å²) >= 11 is 0. The van der Waals surface area contributed by atoms with Gasteiger partial charge in [-0.3, -0.25) is 0 Å². The van der Waals surface area contributed by atoms with Gasteiger partial charge in [0.2, 0.25) is 0 Å². The van der Waals surface area contributed by atoms with Crippen molar-refractivity contribution < 1.29 is 4.74 Å². The molecule has 0 fully saturated rings. The normalized spacial score (nSPS) is 29.8. The van der Waals surface area contributed by atoms with E-state index in [2.05, 4.69) is 26.8 Å². The average Bonchev–Trinajstić information content (AvgIpc) is 1.83. The first kappa shape index (κ1) is 8.79. The molecule has 0 aliphatic heterocycles. The van der Waals surface area contributed by atoms with Gasteiger partial charge in [0.25, 0.3) is 0 Å². The van der Waals surface area contributed by atoms with Gasteiger partial charge >= 0.3 is 0 Å². The molecule has 1 heteroatoms. The Morgan fingerprint density at radius 3 is 2.64 bits per heavy atom. The molecule has 1 unspecified atom stereocenters. The Morgan fingerprint density at radius 1 is 1.55 bits per heavy atom. The number of hydrogen-bond donors (Lipinski definition) is 0. The van der Waals surface area contributed by atoms with Crippen LogP contribution in [0.4, 0.5) is 0 Å². The van der Waals surface area contributed by atoms with Crippen LogP contribution < -0.4 is 0 Å². The maximum absolute atomic E-state index is 5.32. The lowest BCUT2D eigenvalue weighted by Crippen LogP contribution is -2.25. The smallest absolute Gasteiger partial charge is 0.0759 e. The summed E-state index contributed by atoms with van der Waals surface area (Å²) in [5, 5.41) is 0. The summed E-state index contributed by atoms with van der Waals surface area (Å²) in [7, 11) is 1.79. The fourth-order valence-electron chi connectivity index (χ4n) is 1.96. The van der Waals surface area contributed by atoms with Crippen molar-refractivity contribution in [1.29, 1.82) is 0 Å². The Bertz CT molecular complexity index is 168. The maximum Gasteiger partial charge on any atom is 0.0759 e. The lowest BCUT2D eigenvalue weighted by molar-refractivity contribution is 0.0864. The molecule has 0 bridgehead atoms. The van der Waals surface area contributed by atoms with Crippen LogP contribution in [0.15, 0.2) is 11.6 Å². The van der Waals surface area contributed by atoms with E-state index in [0.29, 0.717) is 11.5 Å². The molecule has 0 spiro atoms. The van der Waals surface area contributed by atoms with Gasteiger partial charge in [-0.05, 0) is 25.2 Å². The highest BCUT2D eigenvalue weighted by Crippen LogP contribution is 2.35. The molecule has 1 rings (SSSR count). The summed E-state index contributed by atoms with van der Waals surface area (Å²) in [6, 6.07) is 0. The van der Waals surface area contributed by atoms with Gasteiger partial charge in [0.1, 0.15) is 0 Å². The molecular formula is C10H18O. The molecule has 0 radical (unpaired) electrons. The van der Waals surface area contributed by atoms with E-state index in [4.69, 9.17) is 4.74 Å². The van der Waals surface area contributed by atoms with Crippen LogP contribution in [0.5, 0.6) is 0 Å². The van der Waals surface area contributed by atoms with E-state index in [0.717, 1.165) is 6.42 Å².